The van der Waals surface area contributed by atoms with E-state index < -0.39 is 16.4 Å². The second-order valence-electron chi connectivity index (χ2n) is 11.7. The number of aliphatic hydroxyl groups is 1. The first-order valence-electron chi connectivity index (χ1n) is 12.4. The molecule has 0 amide bonds. The Morgan fingerprint density at radius 2 is 2.09 bits per heavy atom. The molecule has 5 rings (SSSR count). The summed E-state index contributed by atoms with van der Waals surface area (Å²) in [5.41, 5.74) is 2.17. The van der Waals surface area contributed by atoms with Crippen LogP contribution < -0.4 is 0 Å². The Balaban J connectivity index is 1.62. The van der Waals surface area contributed by atoms with E-state index in [-0.39, 0.29) is 34.4 Å². The summed E-state index contributed by atoms with van der Waals surface area (Å²) in [6.07, 6.45) is 11.7. The van der Waals surface area contributed by atoms with Crippen molar-refractivity contribution in [1.82, 2.24) is 9.78 Å². The normalized spacial score (nSPS) is 45.8. The zero-order chi connectivity index (χ0) is 24.0. The fraction of sp³-hybridized carbons (Fsp3) is 0.643. The second-order valence-corrected chi connectivity index (χ2v) is 12.3. The lowest BCUT2D eigenvalue weighted by atomic mass is 9.43. The minimum atomic E-state index is -0.771. The van der Waals surface area contributed by atoms with Crippen molar-refractivity contribution in [3.63, 3.8) is 0 Å². The van der Waals surface area contributed by atoms with Gasteiger partial charge in [-0.25, -0.2) is 0 Å². The fourth-order valence-electron chi connectivity index (χ4n) is 9.02. The van der Waals surface area contributed by atoms with E-state index in [0.29, 0.717) is 12.8 Å². The molecule has 0 aliphatic heterocycles. The summed E-state index contributed by atoms with van der Waals surface area (Å²) in [5.74, 6) is 0.729. The monoisotopic (exact) mass is 468 g/mol. The number of alkyl halides is 1. The number of Topliss-reactive ketones (excluding diaryl/α,β-unsaturated/α-hetero) is 1. The molecule has 3 fully saturated rings. The summed E-state index contributed by atoms with van der Waals surface area (Å²) in [6, 6.07) is 0. The highest BCUT2D eigenvalue weighted by Crippen LogP contribution is 2.74. The first-order valence-corrected chi connectivity index (χ1v) is 12.8. The van der Waals surface area contributed by atoms with Gasteiger partial charge in [0.15, 0.2) is 0 Å². The lowest BCUT2D eigenvalue weighted by Crippen LogP contribution is -2.68. The van der Waals surface area contributed by atoms with Crippen LogP contribution in [0.5, 0.6) is 0 Å². The van der Waals surface area contributed by atoms with Crippen LogP contribution in [0, 0.1) is 34.0 Å². The van der Waals surface area contributed by atoms with Crippen molar-refractivity contribution in [2.45, 2.75) is 70.3 Å². The van der Waals surface area contributed by atoms with E-state index in [1.54, 1.807) is 6.08 Å². The maximum absolute atomic E-state index is 13.6. The van der Waals surface area contributed by atoms with Crippen LogP contribution in [0.25, 0.3) is 6.08 Å². The number of halogens is 1. The van der Waals surface area contributed by atoms with Gasteiger partial charge in [-0.1, -0.05) is 38.5 Å². The summed E-state index contributed by atoms with van der Waals surface area (Å²) in [4.78, 5) is 12.8. The summed E-state index contributed by atoms with van der Waals surface area (Å²) in [6.45, 7) is 14.6. The van der Waals surface area contributed by atoms with Gasteiger partial charge in [-0.3, -0.25) is 9.48 Å². The number of aromatic nitrogens is 2. The highest BCUT2D eigenvalue weighted by atomic mass is 35.5. The molecule has 1 aromatic heterocycles. The smallest absolute Gasteiger partial charge is 0.147 e. The summed E-state index contributed by atoms with van der Waals surface area (Å²) in [5, 5.41) is 16.6. The van der Waals surface area contributed by atoms with Crippen LogP contribution in [0.2, 0.25) is 0 Å². The molecule has 178 valence electrons. The van der Waals surface area contributed by atoms with E-state index in [1.165, 1.54) is 11.1 Å². The van der Waals surface area contributed by atoms with Crippen molar-refractivity contribution in [2.75, 3.05) is 0 Å². The number of aliphatic hydroxyl groups excluding tert-OH is 1. The summed E-state index contributed by atoms with van der Waals surface area (Å²) in [7, 11) is 1.96. The molecule has 0 unspecified atom stereocenters. The number of carbonyl (C=O) groups excluding carboxylic acids is 1. The number of allylic oxidation sites excluding steroid dienone is 3. The molecule has 8 atom stereocenters. The first-order chi connectivity index (χ1) is 15.5. The zero-order valence-corrected chi connectivity index (χ0v) is 21.2. The molecular weight excluding hydrogens is 432 g/mol. The van der Waals surface area contributed by atoms with Gasteiger partial charge < -0.3 is 5.11 Å². The van der Waals surface area contributed by atoms with Crippen molar-refractivity contribution in [3.05, 3.63) is 48.3 Å². The van der Waals surface area contributed by atoms with Crippen LogP contribution in [0.4, 0.5) is 0 Å². The van der Waals surface area contributed by atoms with Gasteiger partial charge in [0.1, 0.15) is 5.78 Å². The predicted molar refractivity (Wildman–Crippen MR) is 133 cm³/mol. The van der Waals surface area contributed by atoms with Crippen LogP contribution in [0.3, 0.4) is 0 Å². The molecule has 0 aromatic carbocycles. The first kappa shape index (κ1) is 23.1. The largest absolute Gasteiger partial charge is 0.391 e. The van der Waals surface area contributed by atoms with Gasteiger partial charge in [0.05, 0.1) is 22.1 Å². The molecule has 0 radical (unpaired) electrons. The number of rotatable bonds is 4. The third-order valence-corrected chi connectivity index (χ3v) is 11.4. The molecule has 33 heavy (non-hydrogen) atoms. The number of ketones is 1. The van der Waals surface area contributed by atoms with E-state index >= 15 is 0 Å². The topological polar surface area (TPSA) is 55.1 Å². The van der Waals surface area contributed by atoms with Crippen molar-refractivity contribution >= 4 is 23.5 Å². The Morgan fingerprint density at radius 1 is 1.36 bits per heavy atom. The van der Waals surface area contributed by atoms with Crippen LogP contribution in [-0.2, 0) is 18.3 Å². The van der Waals surface area contributed by atoms with Gasteiger partial charge in [0.25, 0.3) is 0 Å². The van der Waals surface area contributed by atoms with E-state index in [1.807, 2.05) is 17.8 Å². The minimum Gasteiger partial charge on any atom is -0.391 e. The molecule has 0 bridgehead atoms. The van der Waals surface area contributed by atoms with Crippen molar-refractivity contribution in [2.24, 2.45) is 41.0 Å². The van der Waals surface area contributed by atoms with Gasteiger partial charge >= 0.3 is 0 Å². The SMILES string of the molecule is C=CCC(=O)[C@@]1(C=C)[C@@H](C)C[C@H]2[C@@H]3CCC4=Cc5nn(C)cc5C[C@]4(C)[C@@]3(Cl)[C@@H](O)C[C@@]21C. The van der Waals surface area contributed by atoms with Crippen molar-refractivity contribution in [1.29, 1.82) is 0 Å². The highest BCUT2D eigenvalue weighted by molar-refractivity contribution is 6.26. The number of fused-ring (bicyclic) bond motifs is 6. The maximum Gasteiger partial charge on any atom is 0.147 e. The van der Waals surface area contributed by atoms with Crippen molar-refractivity contribution < 1.29 is 9.90 Å². The van der Waals surface area contributed by atoms with Gasteiger partial charge in [-0.15, -0.1) is 24.8 Å². The average molecular weight is 469 g/mol. The third kappa shape index (κ3) is 2.57. The molecule has 4 nitrogen and oxygen atoms in total. The molecule has 4 aliphatic rings. The lowest BCUT2D eigenvalue weighted by molar-refractivity contribution is -0.147. The molecular formula is C28H37ClN2O2. The lowest BCUT2D eigenvalue weighted by Gasteiger charge is -2.65. The number of hydrogen-bond acceptors (Lipinski definition) is 3. The number of carbonyl (C=O) groups is 1. The molecule has 3 saturated carbocycles. The molecule has 1 heterocycles. The third-order valence-electron chi connectivity index (χ3n) is 10.5. The standard InChI is InChI=1S/C28H37ClN2O2/c1-7-9-23(32)27(8-2)17(3)12-21-20-11-10-19-13-22-18(16-31(6)30-22)14-25(19,4)28(20,29)24(33)15-26(21,27)5/h7-8,13,16-17,20-21,24,33H,1-2,9-12,14-15H2,3-6H3/t17-,20-,21-,24-,25-,26-,27+,28-/m0/s1. The fourth-order valence-corrected chi connectivity index (χ4v) is 9.54. The predicted octanol–water partition coefficient (Wildman–Crippen LogP) is 5.50. The van der Waals surface area contributed by atoms with E-state index in [2.05, 4.69) is 51.3 Å². The quantitative estimate of drug-likeness (QED) is 0.469. The van der Waals surface area contributed by atoms with Crippen molar-refractivity contribution in [3.8, 4) is 0 Å². The molecule has 0 spiro atoms. The van der Waals surface area contributed by atoms with Crippen LogP contribution in [0.15, 0.2) is 37.1 Å². The van der Waals surface area contributed by atoms with Crippen LogP contribution in [0.1, 0.15) is 64.1 Å². The van der Waals surface area contributed by atoms with Gasteiger partial charge in [0, 0.05) is 25.1 Å². The van der Waals surface area contributed by atoms with E-state index in [9.17, 15) is 9.90 Å². The molecule has 5 heteroatoms. The zero-order valence-electron chi connectivity index (χ0n) is 20.4. The Bertz CT molecular complexity index is 1070. The van der Waals surface area contributed by atoms with Crippen LogP contribution in [-0.4, -0.2) is 31.6 Å². The van der Waals surface area contributed by atoms with Gasteiger partial charge in [-0.05, 0) is 66.9 Å². The summed E-state index contributed by atoms with van der Waals surface area (Å²) >= 11 is 7.72. The molecule has 1 N–H and O–H groups in total. The molecule has 4 aliphatic carbocycles. The molecule has 0 saturated heterocycles. The Hall–Kier alpha value is -1.65. The second kappa shape index (κ2) is 7.18. The van der Waals surface area contributed by atoms with E-state index in [4.69, 9.17) is 11.6 Å². The van der Waals surface area contributed by atoms with Gasteiger partial charge in [0.2, 0.25) is 0 Å². The van der Waals surface area contributed by atoms with Crippen LogP contribution >= 0.6 is 11.6 Å². The number of aryl methyl sites for hydroxylation is 1. The molecule has 1 aromatic rings. The number of nitrogens with zero attached hydrogens (tertiary/aromatic N) is 2. The Kier molecular flexibility index (Phi) is 5.03. The summed E-state index contributed by atoms with van der Waals surface area (Å²) < 4.78 is 1.87. The Labute approximate surface area is 202 Å². The maximum atomic E-state index is 13.6. The average Bonchev–Trinajstić information content (AvgIpc) is 3.20. The number of hydrogen-bond donors (Lipinski definition) is 1. The minimum absolute atomic E-state index is 0.133. The van der Waals surface area contributed by atoms with E-state index in [0.717, 1.165) is 31.4 Å². The highest BCUT2D eigenvalue weighted by Gasteiger charge is 2.74. The Morgan fingerprint density at radius 3 is 2.76 bits per heavy atom. The van der Waals surface area contributed by atoms with Gasteiger partial charge in [-0.2, -0.15) is 5.10 Å².